The van der Waals surface area contributed by atoms with Gasteiger partial charge in [-0.1, -0.05) is 6.07 Å². The second-order valence-corrected chi connectivity index (χ2v) is 8.74. The van der Waals surface area contributed by atoms with Gasteiger partial charge in [-0.15, -0.1) is 0 Å². The van der Waals surface area contributed by atoms with E-state index in [1.54, 1.807) is 27.9 Å². The minimum absolute atomic E-state index is 0.125. The molecule has 0 radical (unpaired) electrons. The van der Waals surface area contributed by atoms with Crippen LogP contribution in [0.3, 0.4) is 0 Å². The highest BCUT2D eigenvalue weighted by atomic mass is 16.6. The molecule has 2 amide bonds. The highest BCUT2D eigenvalue weighted by Crippen LogP contribution is 2.40. The van der Waals surface area contributed by atoms with Crippen LogP contribution >= 0.6 is 0 Å². The fraction of sp³-hybridized carbons (Fsp3) is 0.636. The van der Waals surface area contributed by atoms with E-state index < -0.39 is 17.7 Å². The summed E-state index contributed by atoms with van der Waals surface area (Å²) in [4.78, 5) is 26.2. The molecule has 7 heteroatoms. The number of hydrogen-bond donors (Lipinski definition) is 1. The highest BCUT2D eigenvalue weighted by Gasteiger charge is 2.45. The Kier molecular flexibility index (Phi) is 6.36. The summed E-state index contributed by atoms with van der Waals surface area (Å²) < 4.78 is 17.0. The van der Waals surface area contributed by atoms with Crippen LogP contribution in [0.25, 0.3) is 0 Å². The van der Waals surface area contributed by atoms with Crippen molar-refractivity contribution in [3.63, 3.8) is 0 Å². The lowest BCUT2D eigenvalue weighted by molar-refractivity contribution is -0.128. The third-order valence-electron chi connectivity index (χ3n) is 5.45. The van der Waals surface area contributed by atoms with Crippen molar-refractivity contribution in [2.24, 2.45) is 0 Å². The summed E-state index contributed by atoms with van der Waals surface area (Å²) in [6, 6.07) is 4.87. The fourth-order valence-electron chi connectivity index (χ4n) is 4.09. The molecule has 1 aromatic rings. The highest BCUT2D eigenvalue weighted by molar-refractivity contribution is 5.95. The molecular formula is C22H31NO6. The summed E-state index contributed by atoms with van der Waals surface area (Å²) in [5, 5.41) is 9.98. The van der Waals surface area contributed by atoms with Crippen molar-refractivity contribution >= 4 is 12.0 Å². The van der Waals surface area contributed by atoms with E-state index in [1.807, 2.05) is 18.2 Å². The van der Waals surface area contributed by atoms with Crippen molar-refractivity contribution < 1.29 is 28.9 Å². The third-order valence-corrected chi connectivity index (χ3v) is 5.45. The van der Waals surface area contributed by atoms with Gasteiger partial charge in [0.25, 0.3) is 0 Å². The number of aliphatic hydroxyl groups excluding tert-OH is 1. The molecule has 7 nitrogen and oxygen atoms in total. The van der Waals surface area contributed by atoms with Crippen molar-refractivity contribution in [3.05, 3.63) is 23.8 Å². The predicted octanol–water partition coefficient (Wildman–Crippen LogP) is 3.63. The van der Waals surface area contributed by atoms with Crippen LogP contribution in [0.15, 0.2) is 18.2 Å². The first-order valence-corrected chi connectivity index (χ1v) is 10.2. The smallest absolute Gasteiger partial charge is 0.417 e. The van der Waals surface area contributed by atoms with Gasteiger partial charge in [-0.2, -0.15) is 0 Å². The van der Waals surface area contributed by atoms with Gasteiger partial charge < -0.3 is 19.3 Å². The fourth-order valence-corrected chi connectivity index (χ4v) is 4.09. The van der Waals surface area contributed by atoms with Gasteiger partial charge in [-0.05, 0) is 64.2 Å². The number of ether oxygens (including phenoxy) is 3. The van der Waals surface area contributed by atoms with Gasteiger partial charge >= 0.3 is 6.09 Å². The Balaban J connectivity index is 1.85. The number of methoxy groups -OCH3 is 1. The number of rotatable bonds is 5. The Morgan fingerprint density at radius 1 is 1.21 bits per heavy atom. The first-order chi connectivity index (χ1) is 13.7. The molecule has 1 aromatic carbocycles. The Hall–Kier alpha value is -2.28. The summed E-state index contributed by atoms with van der Waals surface area (Å²) in [5.41, 5.74) is 0.106. The molecule has 3 rings (SSSR count). The molecule has 1 aliphatic carbocycles. The number of amides is 2. The van der Waals surface area contributed by atoms with Gasteiger partial charge in [0.05, 0.1) is 25.9 Å². The lowest BCUT2D eigenvalue weighted by Gasteiger charge is -2.28. The number of carbonyl (C=O) groups excluding carboxylic acids is 2. The number of hydrogen-bond acceptors (Lipinski definition) is 6. The van der Waals surface area contributed by atoms with Crippen LogP contribution in [0.4, 0.5) is 4.79 Å². The second kappa shape index (κ2) is 8.61. The molecule has 29 heavy (non-hydrogen) atoms. The molecule has 1 aliphatic heterocycles. The summed E-state index contributed by atoms with van der Waals surface area (Å²) in [6.07, 6.45) is 3.90. The molecule has 2 atom stereocenters. The predicted molar refractivity (Wildman–Crippen MR) is 107 cm³/mol. The van der Waals surface area contributed by atoms with E-state index in [4.69, 9.17) is 14.2 Å². The van der Waals surface area contributed by atoms with Crippen LogP contribution in [0.5, 0.6) is 11.5 Å². The average molecular weight is 405 g/mol. The van der Waals surface area contributed by atoms with Crippen LogP contribution < -0.4 is 9.47 Å². The van der Waals surface area contributed by atoms with Gasteiger partial charge in [-0.25, -0.2) is 9.69 Å². The normalized spacial score (nSPS) is 22.8. The number of aliphatic hydroxyl groups is 1. The molecule has 2 unspecified atom stereocenters. The maximum atomic E-state index is 12.6. The molecule has 1 saturated carbocycles. The molecule has 1 N–H and O–H groups in total. The molecular weight excluding hydrogens is 374 g/mol. The zero-order valence-corrected chi connectivity index (χ0v) is 17.6. The quantitative estimate of drug-likeness (QED) is 0.805. The van der Waals surface area contributed by atoms with E-state index in [2.05, 4.69) is 0 Å². The Bertz CT molecular complexity index is 750. The van der Waals surface area contributed by atoms with E-state index in [9.17, 15) is 14.7 Å². The molecule has 0 spiro atoms. The largest absolute Gasteiger partial charge is 0.493 e. The topological polar surface area (TPSA) is 85.3 Å². The molecule has 0 bridgehead atoms. The molecule has 2 aliphatic rings. The van der Waals surface area contributed by atoms with Crippen LogP contribution in [0.1, 0.15) is 64.4 Å². The van der Waals surface area contributed by atoms with E-state index in [1.165, 1.54) is 0 Å². The van der Waals surface area contributed by atoms with E-state index in [0.29, 0.717) is 11.5 Å². The van der Waals surface area contributed by atoms with Crippen LogP contribution in [0.2, 0.25) is 0 Å². The summed E-state index contributed by atoms with van der Waals surface area (Å²) in [7, 11) is 1.59. The van der Waals surface area contributed by atoms with Crippen molar-refractivity contribution in [2.75, 3.05) is 13.7 Å². The van der Waals surface area contributed by atoms with Gasteiger partial charge in [0.2, 0.25) is 5.91 Å². The lowest BCUT2D eigenvalue weighted by atomic mass is 9.91. The average Bonchev–Trinajstić information content (AvgIpc) is 3.27. The summed E-state index contributed by atoms with van der Waals surface area (Å²) in [5.74, 6) is 0.584. The van der Waals surface area contributed by atoms with E-state index in [0.717, 1.165) is 36.1 Å². The summed E-state index contributed by atoms with van der Waals surface area (Å²) in [6.45, 7) is 4.90. The summed E-state index contributed by atoms with van der Waals surface area (Å²) >= 11 is 0. The number of imide groups is 1. The van der Waals surface area contributed by atoms with Gasteiger partial charge in [0.15, 0.2) is 11.5 Å². The first kappa shape index (κ1) is 21.4. The van der Waals surface area contributed by atoms with Crippen molar-refractivity contribution in [2.45, 2.75) is 76.5 Å². The SMILES string of the molecule is COc1ccc(C2CC(=O)N(C(=O)OC(C)(C)C)C2CO)cc1OC1CCCC1. The minimum Gasteiger partial charge on any atom is -0.493 e. The zero-order valence-electron chi connectivity index (χ0n) is 17.6. The third kappa shape index (κ3) is 4.83. The van der Waals surface area contributed by atoms with Crippen molar-refractivity contribution in [1.82, 2.24) is 4.90 Å². The molecule has 0 aromatic heterocycles. The lowest BCUT2D eigenvalue weighted by Crippen LogP contribution is -2.44. The second-order valence-electron chi connectivity index (χ2n) is 8.74. The minimum atomic E-state index is -0.724. The van der Waals surface area contributed by atoms with Crippen molar-refractivity contribution in [1.29, 1.82) is 0 Å². The van der Waals surface area contributed by atoms with E-state index in [-0.39, 0.29) is 31.0 Å². The number of benzene rings is 1. The Morgan fingerprint density at radius 2 is 1.90 bits per heavy atom. The standard InChI is InChI=1S/C22H31NO6/c1-22(2,3)29-21(26)23-17(13-24)16(12-20(23)25)14-9-10-18(27-4)19(11-14)28-15-7-5-6-8-15/h9-11,15-17,24H,5-8,12-13H2,1-4H3. The molecule has 2 fully saturated rings. The number of nitrogens with zero attached hydrogens (tertiary/aromatic N) is 1. The Labute approximate surface area is 171 Å². The maximum Gasteiger partial charge on any atom is 0.417 e. The van der Waals surface area contributed by atoms with Crippen LogP contribution in [-0.2, 0) is 9.53 Å². The van der Waals surface area contributed by atoms with Crippen molar-refractivity contribution in [3.8, 4) is 11.5 Å². The number of likely N-dealkylation sites (tertiary alicyclic amines) is 1. The van der Waals surface area contributed by atoms with Crippen LogP contribution in [-0.4, -0.2) is 53.5 Å². The van der Waals surface area contributed by atoms with Gasteiger partial charge in [-0.3, -0.25) is 4.79 Å². The van der Waals surface area contributed by atoms with E-state index >= 15 is 0 Å². The van der Waals surface area contributed by atoms with Crippen LogP contribution in [0, 0.1) is 0 Å². The molecule has 1 heterocycles. The molecule has 1 saturated heterocycles. The maximum absolute atomic E-state index is 12.6. The molecule has 160 valence electrons. The Morgan fingerprint density at radius 3 is 2.48 bits per heavy atom. The monoisotopic (exact) mass is 405 g/mol. The van der Waals surface area contributed by atoms with Gasteiger partial charge in [0, 0.05) is 12.3 Å². The first-order valence-electron chi connectivity index (χ1n) is 10.2. The number of carbonyl (C=O) groups is 2. The van der Waals surface area contributed by atoms with Gasteiger partial charge in [0.1, 0.15) is 5.60 Å². The zero-order chi connectivity index (χ0) is 21.2.